The number of unbranched alkanes of at least 4 members (excludes halogenated alkanes) is 1. The average molecular weight is 245 g/mol. The van der Waals surface area contributed by atoms with Crippen LogP contribution in [0.1, 0.15) is 32.6 Å². The molecule has 0 atom stereocenters. The Kier molecular flexibility index (Phi) is 8.53. The van der Waals surface area contributed by atoms with E-state index in [-0.39, 0.29) is 5.97 Å². The number of carbonyl (C=O) groups is 2. The standard InChI is InChI=1S/C12H17ClO3/c1-10(12(15)16-2)6-7-11(9-13)5-3-4-8-14/h6,8-9H,3-5,7H2,1-2H3/b10-6+,11-9-. The molecule has 0 saturated heterocycles. The van der Waals surface area contributed by atoms with E-state index >= 15 is 0 Å². The molecule has 0 heterocycles. The third kappa shape index (κ3) is 6.40. The Hall–Kier alpha value is -1.09. The van der Waals surface area contributed by atoms with Gasteiger partial charge in [0, 0.05) is 17.5 Å². The summed E-state index contributed by atoms with van der Waals surface area (Å²) in [5, 5.41) is 0. The zero-order chi connectivity index (χ0) is 12.4. The average Bonchev–Trinajstić information content (AvgIpc) is 2.32. The SMILES string of the molecule is COC(=O)/C(C)=C/C/C(=C\Cl)CCCC=O. The third-order valence-electron chi connectivity index (χ3n) is 2.15. The van der Waals surface area contributed by atoms with E-state index in [1.54, 1.807) is 13.0 Å². The quantitative estimate of drug-likeness (QED) is 0.299. The maximum Gasteiger partial charge on any atom is 0.333 e. The molecule has 0 aromatic heterocycles. The van der Waals surface area contributed by atoms with Crippen molar-refractivity contribution in [3.05, 3.63) is 22.8 Å². The van der Waals surface area contributed by atoms with Gasteiger partial charge in [0.1, 0.15) is 6.29 Å². The molecule has 4 heteroatoms. The fraction of sp³-hybridized carbons (Fsp3) is 0.500. The Balaban J connectivity index is 4.14. The van der Waals surface area contributed by atoms with Crippen LogP contribution in [0.25, 0.3) is 0 Å². The van der Waals surface area contributed by atoms with Gasteiger partial charge in [-0.15, -0.1) is 0 Å². The normalized spacial score (nSPS) is 12.4. The van der Waals surface area contributed by atoms with Crippen LogP contribution in [0.4, 0.5) is 0 Å². The Morgan fingerprint density at radius 3 is 2.62 bits per heavy atom. The highest BCUT2D eigenvalue weighted by Gasteiger charge is 2.03. The van der Waals surface area contributed by atoms with Crippen LogP contribution in [0.2, 0.25) is 0 Å². The van der Waals surface area contributed by atoms with Crippen LogP contribution in [0.15, 0.2) is 22.8 Å². The first-order valence-corrected chi connectivity index (χ1v) is 5.56. The number of halogens is 1. The molecular formula is C12H17ClO3. The molecule has 0 bridgehead atoms. The van der Waals surface area contributed by atoms with Crippen LogP contribution >= 0.6 is 11.6 Å². The molecular weight excluding hydrogens is 228 g/mol. The summed E-state index contributed by atoms with van der Waals surface area (Å²) >= 11 is 5.65. The third-order valence-corrected chi connectivity index (χ3v) is 2.46. The van der Waals surface area contributed by atoms with Crippen molar-refractivity contribution in [3.8, 4) is 0 Å². The van der Waals surface area contributed by atoms with Crippen molar-refractivity contribution in [2.75, 3.05) is 7.11 Å². The van der Waals surface area contributed by atoms with Crippen LogP contribution in [0.5, 0.6) is 0 Å². The van der Waals surface area contributed by atoms with Gasteiger partial charge in [0.15, 0.2) is 0 Å². The lowest BCUT2D eigenvalue weighted by Gasteiger charge is -2.03. The zero-order valence-corrected chi connectivity index (χ0v) is 10.4. The van der Waals surface area contributed by atoms with Gasteiger partial charge in [-0.2, -0.15) is 0 Å². The molecule has 0 aliphatic rings. The molecule has 0 N–H and O–H groups in total. The number of carbonyl (C=O) groups excluding carboxylic acids is 2. The molecule has 3 nitrogen and oxygen atoms in total. The molecule has 0 aromatic carbocycles. The summed E-state index contributed by atoms with van der Waals surface area (Å²) in [6.07, 6.45) is 5.37. The number of hydrogen-bond donors (Lipinski definition) is 0. The fourth-order valence-electron chi connectivity index (χ4n) is 1.14. The summed E-state index contributed by atoms with van der Waals surface area (Å²) < 4.78 is 4.57. The second-order valence-electron chi connectivity index (χ2n) is 3.41. The minimum Gasteiger partial charge on any atom is -0.466 e. The Labute approximate surface area is 101 Å². The maximum atomic E-state index is 11.1. The minimum absolute atomic E-state index is 0.332. The van der Waals surface area contributed by atoms with E-state index in [2.05, 4.69) is 4.74 Å². The van der Waals surface area contributed by atoms with Crippen LogP contribution < -0.4 is 0 Å². The maximum absolute atomic E-state index is 11.1. The van der Waals surface area contributed by atoms with Crippen molar-refractivity contribution >= 4 is 23.9 Å². The van der Waals surface area contributed by atoms with Crippen molar-refractivity contribution in [2.24, 2.45) is 0 Å². The number of methoxy groups -OCH3 is 1. The van der Waals surface area contributed by atoms with Crippen molar-refractivity contribution in [1.29, 1.82) is 0 Å². The Morgan fingerprint density at radius 1 is 1.44 bits per heavy atom. The molecule has 0 aliphatic carbocycles. The van der Waals surface area contributed by atoms with Crippen LogP contribution in [0, 0.1) is 0 Å². The Bertz CT molecular complexity index is 293. The summed E-state index contributed by atoms with van der Waals surface area (Å²) in [4.78, 5) is 21.2. The number of esters is 1. The van der Waals surface area contributed by atoms with E-state index < -0.39 is 0 Å². The highest BCUT2D eigenvalue weighted by Crippen LogP contribution is 2.14. The van der Waals surface area contributed by atoms with E-state index in [1.165, 1.54) is 12.6 Å². The lowest BCUT2D eigenvalue weighted by Crippen LogP contribution is -2.01. The van der Waals surface area contributed by atoms with Crippen LogP contribution in [0.3, 0.4) is 0 Å². The summed E-state index contributed by atoms with van der Waals surface area (Å²) in [6, 6.07) is 0. The van der Waals surface area contributed by atoms with E-state index in [1.807, 2.05) is 0 Å². The van der Waals surface area contributed by atoms with E-state index in [4.69, 9.17) is 11.6 Å². The highest BCUT2D eigenvalue weighted by atomic mass is 35.5. The highest BCUT2D eigenvalue weighted by molar-refractivity contribution is 6.25. The van der Waals surface area contributed by atoms with Crippen molar-refractivity contribution in [3.63, 3.8) is 0 Å². The molecule has 0 spiro atoms. The first-order chi connectivity index (χ1) is 7.65. The second-order valence-corrected chi connectivity index (χ2v) is 3.63. The molecule has 0 amide bonds. The molecule has 0 rings (SSSR count). The van der Waals surface area contributed by atoms with Crippen molar-refractivity contribution < 1.29 is 14.3 Å². The number of hydrogen-bond acceptors (Lipinski definition) is 3. The van der Waals surface area contributed by atoms with Gasteiger partial charge in [-0.3, -0.25) is 0 Å². The van der Waals surface area contributed by atoms with Gasteiger partial charge >= 0.3 is 5.97 Å². The molecule has 0 aliphatic heterocycles. The summed E-state index contributed by atoms with van der Waals surface area (Å²) in [5.41, 5.74) is 3.08. The predicted molar refractivity (Wildman–Crippen MR) is 64.2 cm³/mol. The molecule has 90 valence electrons. The van der Waals surface area contributed by atoms with Crippen LogP contribution in [-0.2, 0) is 14.3 Å². The molecule has 16 heavy (non-hydrogen) atoms. The number of aldehydes is 1. The largest absolute Gasteiger partial charge is 0.466 e. The number of allylic oxidation sites excluding steroid dienone is 2. The van der Waals surface area contributed by atoms with E-state index in [9.17, 15) is 9.59 Å². The minimum atomic E-state index is -0.332. The Morgan fingerprint density at radius 2 is 2.12 bits per heavy atom. The second kappa shape index (κ2) is 9.16. The zero-order valence-electron chi connectivity index (χ0n) is 9.66. The van der Waals surface area contributed by atoms with Gasteiger partial charge in [0.05, 0.1) is 7.11 Å². The number of ether oxygens (including phenoxy) is 1. The summed E-state index contributed by atoms with van der Waals surface area (Å²) in [6.45, 7) is 1.70. The first kappa shape index (κ1) is 14.9. The van der Waals surface area contributed by atoms with Gasteiger partial charge in [-0.25, -0.2) is 4.79 Å². The van der Waals surface area contributed by atoms with Crippen molar-refractivity contribution in [1.82, 2.24) is 0 Å². The van der Waals surface area contributed by atoms with E-state index in [0.29, 0.717) is 18.4 Å². The van der Waals surface area contributed by atoms with Gasteiger partial charge in [-0.1, -0.05) is 23.3 Å². The first-order valence-electron chi connectivity index (χ1n) is 5.12. The lowest BCUT2D eigenvalue weighted by atomic mass is 10.1. The molecule has 0 aromatic rings. The topological polar surface area (TPSA) is 43.4 Å². The monoisotopic (exact) mass is 244 g/mol. The van der Waals surface area contributed by atoms with Crippen molar-refractivity contribution in [2.45, 2.75) is 32.6 Å². The lowest BCUT2D eigenvalue weighted by molar-refractivity contribution is -0.136. The van der Waals surface area contributed by atoms with Gasteiger partial charge in [0.2, 0.25) is 0 Å². The molecule has 0 fully saturated rings. The predicted octanol–water partition coefficient (Wildman–Crippen LogP) is 2.99. The molecule has 0 saturated carbocycles. The summed E-state index contributed by atoms with van der Waals surface area (Å²) in [7, 11) is 1.35. The molecule has 0 unspecified atom stereocenters. The smallest absolute Gasteiger partial charge is 0.333 e. The van der Waals surface area contributed by atoms with Gasteiger partial charge < -0.3 is 9.53 Å². The van der Waals surface area contributed by atoms with E-state index in [0.717, 1.165) is 24.7 Å². The van der Waals surface area contributed by atoms with Crippen LogP contribution in [-0.4, -0.2) is 19.4 Å². The van der Waals surface area contributed by atoms with Gasteiger partial charge in [-0.05, 0) is 26.2 Å². The molecule has 0 radical (unpaired) electrons. The fourth-order valence-corrected chi connectivity index (χ4v) is 1.34. The van der Waals surface area contributed by atoms with Gasteiger partial charge in [0.25, 0.3) is 0 Å². The summed E-state index contributed by atoms with van der Waals surface area (Å²) in [5.74, 6) is -0.332. The number of rotatable bonds is 7.